The number of ether oxygens (including phenoxy) is 1. The molecule has 2 amide bonds. The minimum absolute atomic E-state index is 0.215. The van der Waals surface area contributed by atoms with Crippen LogP contribution in [0.2, 0.25) is 0 Å². The Hall–Kier alpha value is -3.34. The SMILES string of the molecule is COc1ccccc1NC(=O)N1CCc2ccccc2C1c1ccc(F)cc1. The number of carbonyl (C=O) groups is 1. The number of nitrogens with one attached hydrogen (secondary N) is 1. The minimum atomic E-state index is -0.294. The van der Waals surface area contributed by atoms with E-state index in [9.17, 15) is 9.18 Å². The zero-order valence-corrected chi connectivity index (χ0v) is 15.6. The zero-order valence-electron chi connectivity index (χ0n) is 15.6. The van der Waals surface area contributed by atoms with E-state index in [1.807, 2.05) is 36.4 Å². The number of hydrogen-bond donors (Lipinski definition) is 1. The molecule has 0 radical (unpaired) electrons. The largest absolute Gasteiger partial charge is 0.495 e. The van der Waals surface area contributed by atoms with Crippen LogP contribution in [-0.4, -0.2) is 24.6 Å². The summed E-state index contributed by atoms with van der Waals surface area (Å²) < 4.78 is 18.8. The molecule has 3 aromatic rings. The van der Waals surface area contributed by atoms with E-state index >= 15 is 0 Å². The van der Waals surface area contributed by atoms with Gasteiger partial charge in [-0.3, -0.25) is 0 Å². The fourth-order valence-electron chi connectivity index (χ4n) is 3.72. The van der Waals surface area contributed by atoms with Crippen molar-refractivity contribution < 1.29 is 13.9 Å². The summed E-state index contributed by atoms with van der Waals surface area (Å²) in [5.74, 6) is 0.310. The number of benzene rings is 3. The van der Waals surface area contributed by atoms with Gasteiger partial charge in [0.05, 0.1) is 18.8 Å². The molecule has 3 aromatic carbocycles. The molecule has 28 heavy (non-hydrogen) atoms. The Morgan fingerprint density at radius 1 is 1.04 bits per heavy atom. The van der Waals surface area contributed by atoms with E-state index in [-0.39, 0.29) is 17.9 Å². The van der Waals surface area contributed by atoms with Gasteiger partial charge in [0.25, 0.3) is 0 Å². The van der Waals surface area contributed by atoms with E-state index in [0.717, 1.165) is 17.5 Å². The van der Waals surface area contributed by atoms with E-state index in [4.69, 9.17) is 4.74 Å². The van der Waals surface area contributed by atoms with Gasteiger partial charge in [0.15, 0.2) is 0 Å². The van der Waals surface area contributed by atoms with Crippen molar-refractivity contribution in [3.8, 4) is 5.75 Å². The normalized spacial score (nSPS) is 15.6. The average molecular weight is 376 g/mol. The summed E-state index contributed by atoms with van der Waals surface area (Å²) in [7, 11) is 1.57. The zero-order chi connectivity index (χ0) is 19.5. The highest BCUT2D eigenvalue weighted by atomic mass is 19.1. The van der Waals surface area contributed by atoms with Gasteiger partial charge >= 0.3 is 6.03 Å². The molecule has 5 heteroatoms. The molecule has 142 valence electrons. The van der Waals surface area contributed by atoms with E-state index < -0.39 is 0 Å². The summed E-state index contributed by atoms with van der Waals surface area (Å²) in [6, 6.07) is 21.3. The fourth-order valence-corrected chi connectivity index (χ4v) is 3.72. The number of para-hydroxylation sites is 2. The van der Waals surface area contributed by atoms with Crippen LogP contribution in [0.4, 0.5) is 14.9 Å². The lowest BCUT2D eigenvalue weighted by Crippen LogP contribution is -2.43. The van der Waals surface area contributed by atoms with E-state index in [1.165, 1.54) is 17.7 Å². The van der Waals surface area contributed by atoms with Crippen molar-refractivity contribution >= 4 is 11.7 Å². The van der Waals surface area contributed by atoms with Gasteiger partial charge in [-0.15, -0.1) is 0 Å². The third-order valence-electron chi connectivity index (χ3n) is 5.08. The molecule has 1 aliphatic rings. The maximum absolute atomic E-state index is 13.5. The molecule has 0 aliphatic carbocycles. The predicted molar refractivity (Wildman–Crippen MR) is 107 cm³/mol. The van der Waals surface area contributed by atoms with Crippen LogP contribution >= 0.6 is 0 Å². The molecule has 0 saturated carbocycles. The minimum Gasteiger partial charge on any atom is -0.495 e. The monoisotopic (exact) mass is 376 g/mol. The molecular formula is C23H21FN2O2. The summed E-state index contributed by atoms with van der Waals surface area (Å²) >= 11 is 0. The number of halogens is 1. The molecule has 0 fully saturated rings. The number of nitrogens with zero attached hydrogens (tertiary/aromatic N) is 1. The fraction of sp³-hybridized carbons (Fsp3) is 0.174. The second-order valence-corrected chi connectivity index (χ2v) is 6.73. The Morgan fingerprint density at radius 3 is 2.54 bits per heavy atom. The second kappa shape index (κ2) is 7.72. The molecule has 0 saturated heterocycles. The lowest BCUT2D eigenvalue weighted by molar-refractivity contribution is 0.194. The molecule has 4 rings (SSSR count). The summed E-state index contributed by atoms with van der Waals surface area (Å²) in [6.45, 7) is 0.569. The lowest BCUT2D eigenvalue weighted by atomic mass is 9.88. The molecule has 1 heterocycles. The Balaban J connectivity index is 1.70. The molecule has 1 unspecified atom stereocenters. The Morgan fingerprint density at radius 2 is 1.75 bits per heavy atom. The van der Waals surface area contributed by atoms with Gasteiger partial charge in [-0.25, -0.2) is 9.18 Å². The lowest BCUT2D eigenvalue weighted by Gasteiger charge is -2.37. The van der Waals surface area contributed by atoms with Crippen molar-refractivity contribution in [3.05, 3.63) is 95.3 Å². The van der Waals surface area contributed by atoms with Crippen LogP contribution in [0.5, 0.6) is 5.75 Å². The van der Waals surface area contributed by atoms with Crippen molar-refractivity contribution in [2.45, 2.75) is 12.5 Å². The second-order valence-electron chi connectivity index (χ2n) is 6.73. The van der Waals surface area contributed by atoms with Crippen LogP contribution in [0.25, 0.3) is 0 Å². The first-order chi connectivity index (χ1) is 13.7. The van der Waals surface area contributed by atoms with E-state index in [2.05, 4.69) is 11.4 Å². The van der Waals surface area contributed by atoms with E-state index in [0.29, 0.717) is 18.0 Å². The Kier molecular flexibility index (Phi) is 4.98. The van der Waals surface area contributed by atoms with Crippen molar-refractivity contribution in [2.75, 3.05) is 19.0 Å². The highest BCUT2D eigenvalue weighted by Gasteiger charge is 2.32. The number of anilines is 1. The topological polar surface area (TPSA) is 41.6 Å². The Labute approximate surface area is 163 Å². The summed E-state index contributed by atoms with van der Waals surface area (Å²) in [5.41, 5.74) is 3.77. The average Bonchev–Trinajstić information content (AvgIpc) is 2.74. The summed E-state index contributed by atoms with van der Waals surface area (Å²) in [5, 5.41) is 2.96. The number of methoxy groups -OCH3 is 1. The molecule has 4 nitrogen and oxygen atoms in total. The standard InChI is InChI=1S/C23H21FN2O2/c1-28-21-9-5-4-8-20(21)25-23(27)26-15-14-16-6-2-3-7-19(16)22(26)17-10-12-18(24)13-11-17/h2-13,22H,14-15H2,1H3,(H,25,27). The van der Waals surface area contributed by atoms with Crippen LogP contribution in [0.3, 0.4) is 0 Å². The van der Waals surface area contributed by atoms with E-state index in [1.54, 1.807) is 30.2 Å². The van der Waals surface area contributed by atoms with Gasteiger partial charge in [-0.05, 0) is 47.4 Å². The molecule has 1 aliphatic heterocycles. The number of urea groups is 1. The van der Waals surface area contributed by atoms with Gasteiger partial charge in [0, 0.05) is 6.54 Å². The van der Waals surface area contributed by atoms with Crippen LogP contribution in [0.15, 0.2) is 72.8 Å². The van der Waals surface area contributed by atoms with Crippen LogP contribution in [0.1, 0.15) is 22.7 Å². The van der Waals surface area contributed by atoms with Gasteiger partial charge in [0.1, 0.15) is 11.6 Å². The third kappa shape index (κ3) is 3.43. The van der Waals surface area contributed by atoms with Gasteiger partial charge in [-0.1, -0.05) is 48.5 Å². The van der Waals surface area contributed by atoms with Crippen LogP contribution < -0.4 is 10.1 Å². The van der Waals surface area contributed by atoms with Crippen molar-refractivity contribution in [1.82, 2.24) is 4.90 Å². The molecule has 1 atom stereocenters. The quantitative estimate of drug-likeness (QED) is 0.698. The predicted octanol–water partition coefficient (Wildman–Crippen LogP) is 5.01. The van der Waals surface area contributed by atoms with Crippen LogP contribution in [0, 0.1) is 5.82 Å². The summed E-state index contributed by atoms with van der Waals surface area (Å²) in [4.78, 5) is 15.0. The molecule has 0 bridgehead atoms. The maximum Gasteiger partial charge on any atom is 0.322 e. The van der Waals surface area contributed by atoms with Crippen molar-refractivity contribution in [1.29, 1.82) is 0 Å². The maximum atomic E-state index is 13.5. The van der Waals surface area contributed by atoms with Crippen molar-refractivity contribution in [2.24, 2.45) is 0 Å². The molecular weight excluding hydrogens is 355 g/mol. The first kappa shape index (κ1) is 18.0. The number of carbonyl (C=O) groups excluding carboxylic acids is 1. The molecule has 1 N–H and O–H groups in total. The van der Waals surface area contributed by atoms with Crippen LogP contribution in [-0.2, 0) is 6.42 Å². The smallest absolute Gasteiger partial charge is 0.322 e. The number of amides is 2. The summed E-state index contributed by atoms with van der Waals surface area (Å²) in [6.07, 6.45) is 0.771. The highest BCUT2D eigenvalue weighted by molar-refractivity contribution is 5.91. The third-order valence-corrected chi connectivity index (χ3v) is 5.08. The molecule has 0 spiro atoms. The first-order valence-electron chi connectivity index (χ1n) is 9.21. The number of hydrogen-bond acceptors (Lipinski definition) is 2. The van der Waals surface area contributed by atoms with Crippen molar-refractivity contribution in [3.63, 3.8) is 0 Å². The Bertz CT molecular complexity index is 988. The van der Waals surface area contributed by atoms with Gasteiger partial charge < -0.3 is 15.0 Å². The number of rotatable bonds is 3. The van der Waals surface area contributed by atoms with Gasteiger partial charge in [-0.2, -0.15) is 0 Å². The first-order valence-corrected chi connectivity index (χ1v) is 9.21. The van der Waals surface area contributed by atoms with Gasteiger partial charge in [0.2, 0.25) is 0 Å². The molecule has 0 aromatic heterocycles. The highest BCUT2D eigenvalue weighted by Crippen LogP contribution is 2.36. The number of fused-ring (bicyclic) bond motifs is 1.